The summed E-state index contributed by atoms with van der Waals surface area (Å²) in [4.78, 5) is 37.9. The van der Waals surface area contributed by atoms with Gasteiger partial charge in [0, 0.05) is 13.5 Å². The smallest absolute Gasteiger partial charge is 0.339 e. The molecule has 1 aromatic heterocycles. The minimum absolute atomic E-state index is 0.0701. The van der Waals surface area contributed by atoms with Crippen LogP contribution in [-0.2, 0) is 16.1 Å². The van der Waals surface area contributed by atoms with Gasteiger partial charge in [0.25, 0.3) is 0 Å². The summed E-state index contributed by atoms with van der Waals surface area (Å²) in [6.07, 6.45) is 0.319. The van der Waals surface area contributed by atoms with Crippen LogP contribution in [0.4, 0.5) is 0 Å². The van der Waals surface area contributed by atoms with Gasteiger partial charge in [0.2, 0.25) is 11.8 Å². The molecule has 0 spiro atoms. The molecule has 2 amide bonds. The average Bonchev–Trinajstić information content (AvgIpc) is 2.99. The first-order valence-electron chi connectivity index (χ1n) is 9.11. The van der Waals surface area contributed by atoms with Crippen molar-refractivity contribution in [1.29, 1.82) is 0 Å². The lowest BCUT2D eigenvalue weighted by atomic mass is 10.0. The number of hydrogen-bond donors (Lipinski definition) is 2. The average molecular weight is 386 g/mol. The molecule has 0 saturated heterocycles. The molecule has 0 aliphatic heterocycles. The zero-order chi connectivity index (χ0) is 20.8. The monoisotopic (exact) mass is 386 g/mol. The van der Waals surface area contributed by atoms with Crippen molar-refractivity contribution >= 4 is 17.8 Å². The van der Waals surface area contributed by atoms with Gasteiger partial charge in [-0.15, -0.1) is 0 Å². The first-order valence-corrected chi connectivity index (χ1v) is 9.11. The van der Waals surface area contributed by atoms with E-state index in [1.165, 1.54) is 11.0 Å². The number of nitrogens with one attached hydrogen (secondary N) is 1. The van der Waals surface area contributed by atoms with E-state index in [0.717, 1.165) is 0 Å². The largest absolute Gasteiger partial charge is 0.478 e. The van der Waals surface area contributed by atoms with E-state index in [-0.39, 0.29) is 35.6 Å². The number of likely N-dealkylation sites (N-methyl/N-ethyl adjacent to an activating group) is 1. The Morgan fingerprint density at radius 2 is 1.82 bits per heavy atom. The number of hydrogen-bond acceptors (Lipinski definition) is 4. The van der Waals surface area contributed by atoms with Crippen molar-refractivity contribution in [2.45, 2.75) is 39.8 Å². The first kappa shape index (κ1) is 21.2. The minimum Gasteiger partial charge on any atom is -0.478 e. The second-order valence-corrected chi connectivity index (χ2v) is 7.19. The number of furan rings is 1. The van der Waals surface area contributed by atoms with Crippen LogP contribution in [0.1, 0.15) is 53.8 Å². The summed E-state index contributed by atoms with van der Waals surface area (Å²) in [5.41, 5.74) is 0.749. The normalized spacial score (nSPS) is 11.9. The summed E-state index contributed by atoms with van der Waals surface area (Å²) in [7, 11) is 1.59. The number of carbonyl (C=O) groups excluding carboxylic acids is 2. The molecule has 150 valence electrons. The molecule has 28 heavy (non-hydrogen) atoms. The molecule has 2 aromatic rings. The molecule has 1 atom stereocenters. The molecule has 2 N–H and O–H groups in total. The van der Waals surface area contributed by atoms with Crippen molar-refractivity contribution in [3.63, 3.8) is 0 Å². The van der Waals surface area contributed by atoms with Crippen molar-refractivity contribution in [2.24, 2.45) is 5.92 Å². The zero-order valence-corrected chi connectivity index (χ0v) is 16.6. The first-order chi connectivity index (χ1) is 13.2. The number of carboxylic acids is 1. The van der Waals surface area contributed by atoms with Gasteiger partial charge in [-0.05, 0) is 24.5 Å². The SMILES string of the molecule is Cc1oc(CN(C)C(=O)C(NC(=O)CC(C)C)c2ccccc2)cc1C(=O)O. The number of nitrogens with zero attached hydrogens (tertiary/aromatic N) is 1. The van der Waals surface area contributed by atoms with Crippen molar-refractivity contribution in [2.75, 3.05) is 7.05 Å². The fourth-order valence-electron chi connectivity index (χ4n) is 2.89. The second-order valence-electron chi connectivity index (χ2n) is 7.19. The third kappa shape index (κ3) is 5.45. The molecule has 0 radical (unpaired) electrons. The summed E-state index contributed by atoms with van der Waals surface area (Å²) in [6, 6.07) is 9.60. The lowest BCUT2D eigenvalue weighted by molar-refractivity contribution is -0.136. The van der Waals surface area contributed by atoms with Crippen molar-refractivity contribution in [1.82, 2.24) is 10.2 Å². The van der Waals surface area contributed by atoms with E-state index >= 15 is 0 Å². The Kier molecular flexibility index (Phi) is 6.98. The van der Waals surface area contributed by atoms with Crippen LogP contribution in [0.15, 0.2) is 40.8 Å². The van der Waals surface area contributed by atoms with Gasteiger partial charge in [-0.3, -0.25) is 9.59 Å². The highest BCUT2D eigenvalue weighted by atomic mass is 16.4. The Morgan fingerprint density at radius 1 is 1.18 bits per heavy atom. The molecular formula is C21H26N2O5. The molecule has 7 nitrogen and oxygen atoms in total. The third-order valence-electron chi connectivity index (χ3n) is 4.25. The molecule has 1 heterocycles. The van der Waals surface area contributed by atoms with Crippen LogP contribution in [0.2, 0.25) is 0 Å². The highest BCUT2D eigenvalue weighted by molar-refractivity contribution is 5.89. The predicted molar refractivity (Wildman–Crippen MR) is 104 cm³/mol. The van der Waals surface area contributed by atoms with Crippen molar-refractivity contribution < 1.29 is 23.9 Å². The van der Waals surface area contributed by atoms with Crippen LogP contribution in [0.5, 0.6) is 0 Å². The maximum atomic E-state index is 13.0. The molecular weight excluding hydrogens is 360 g/mol. The van der Waals surface area contributed by atoms with Crippen LogP contribution >= 0.6 is 0 Å². The molecule has 0 aliphatic rings. The van der Waals surface area contributed by atoms with E-state index < -0.39 is 12.0 Å². The highest BCUT2D eigenvalue weighted by Gasteiger charge is 2.27. The molecule has 2 rings (SSSR count). The summed E-state index contributed by atoms with van der Waals surface area (Å²) in [5, 5.41) is 12.0. The lowest BCUT2D eigenvalue weighted by Crippen LogP contribution is -2.41. The van der Waals surface area contributed by atoms with E-state index in [0.29, 0.717) is 17.7 Å². The van der Waals surface area contributed by atoms with E-state index in [9.17, 15) is 14.4 Å². The highest BCUT2D eigenvalue weighted by Crippen LogP contribution is 2.20. The maximum absolute atomic E-state index is 13.0. The fraction of sp³-hybridized carbons (Fsp3) is 0.381. The summed E-state index contributed by atoms with van der Waals surface area (Å²) in [6.45, 7) is 5.53. The van der Waals surface area contributed by atoms with Gasteiger partial charge in [0.1, 0.15) is 23.1 Å². The predicted octanol–water partition coefficient (Wildman–Crippen LogP) is 3.15. The Balaban J connectivity index is 2.19. The number of benzene rings is 1. The number of aryl methyl sites for hydroxylation is 1. The van der Waals surface area contributed by atoms with Gasteiger partial charge in [0.15, 0.2) is 0 Å². The molecule has 0 saturated carbocycles. The van der Waals surface area contributed by atoms with Crippen LogP contribution < -0.4 is 5.32 Å². The zero-order valence-electron chi connectivity index (χ0n) is 16.6. The maximum Gasteiger partial charge on any atom is 0.339 e. The van der Waals surface area contributed by atoms with Crippen LogP contribution in [0, 0.1) is 12.8 Å². The summed E-state index contributed by atoms with van der Waals surface area (Å²) < 4.78 is 5.45. The van der Waals surface area contributed by atoms with Gasteiger partial charge >= 0.3 is 5.97 Å². The molecule has 0 bridgehead atoms. The van der Waals surface area contributed by atoms with Gasteiger partial charge in [0.05, 0.1) is 6.54 Å². The Labute approximate surface area is 164 Å². The van der Waals surface area contributed by atoms with Gasteiger partial charge in [-0.1, -0.05) is 44.2 Å². The lowest BCUT2D eigenvalue weighted by Gasteiger charge is -2.24. The second kappa shape index (κ2) is 9.21. The third-order valence-corrected chi connectivity index (χ3v) is 4.25. The van der Waals surface area contributed by atoms with Crippen LogP contribution in [0.25, 0.3) is 0 Å². The fourth-order valence-corrected chi connectivity index (χ4v) is 2.89. The van der Waals surface area contributed by atoms with Crippen molar-refractivity contribution in [3.05, 3.63) is 59.0 Å². The summed E-state index contributed by atoms with van der Waals surface area (Å²) >= 11 is 0. The standard InChI is InChI=1S/C21H26N2O5/c1-13(2)10-18(24)22-19(15-8-6-5-7-9-15)20(25)23(4)12-16-11-17(21(26)27)14(3)28-16/h5-9,11,13,19H,10,12H2,1-4H3,(H,22,24)(H,26,27). The molecule has 7 heteroatoms. The number of rotatable bonds is 8. The van der Waals surface area contributed by atoms with Crippen LogP contribution in [0.3, 0.4) is 0 Å². The molecule has 1 aromatic carbocycles. The number of aromatic carboxylic acids is 1. The molecule has 0 aliphatic carbocycles. The topological polar surface area (TPSA) is 99.9 Å². The minimum atomic E-state index is -1.08. The number of carboxylic acid groups (broad SMARTS) is 1. The molecule has 1 unspecified atom stereocenters. The van der Waals surface area contributed by atoms with E-state index in [4.69, 9.17) is 9.52 Å². The quantitative estimate of drug-likeness (QED) is 0.726. The van der Waals surface area contributed by atoms with Gasteiger partial charge < -0.3 is 19.7 Å². The Morgan fingerprint density at radius 3 is 2.36 bits per heavy atom. The Hall–Kier alpha value is -3.09. The number of amides is 2. The van der Waals surface area contributed by atoms with E-state index in [2.05, 4.69) is 5.32 Å². The molecule has 0 fully saturated rings. The van der Waals surface area contributed by atoms with Gasteiger partial charge in [-0.25, -0.2) is 4.79 Å². The van der Waals surface area contributed by atoms with E-state index in [1.807, 2.05) is 19.9 Å². The summed E-state index contributed by atoms with van der Waals surface area (Å²) in [5.74, 6) is -0.768. The van der Waals surface area contributed by atoms with E-state index in [1.54, 1.807) is 38.2 Å². The Bertz CT molecular complexity index is 842. The van der Waals surface area contributed by atoms with Gasteiger partial charge in [-0.2, -0.15) is 0 Å². The van der Waals surface area contributed by atoms with Crippen molar-refractivity contribution in [3.8, 4) is 0 Å². The van der Waals surface area contributed by atoms with Crippen LogP contribution in [-0.4, -0.2) is 34.8 Å². The number of carbonyl (C=O) groups is 3.